The highest BCUT2D eigenvalue weighted by atomic mass is 35.5. The van der Waals surface area contributed by atoms with Crippen LogP contribution in [-0.4, -0.2) is 18.2 Å². The van der Waals surface area contributed by atoms with Gasteiger partial charge in [-0.1, -0.05) is 23.7 Å². The van der Waals surface area contributed by atoms with E-state index in [0.717, 1.165) is 34.7 Å². The van der Waals surface area contributed by atoms with Crippen molar-refractivity contribution in [2.45, 2.75) is 19.9 Å². The molecule has 0 fully saturated rings. The van der Waals surface area contributed by atoms with Crippen LogP contribution in [-0.2, 0) is 6.54 Å². The summed E-state index contributed by atoms with van der Waals surface area (Å²) < 4.78 is 11.5. The van der Waals surface area contributed by atoms with Gasteiger partial charge in [0.2, 0.25) is 0 Å². The summed E-state index contributed by atoms with van der Waals surface area (Å²) in [4.78, 5) is 4.14. The lowest BCUT2D eigenvalue weighted by Crippen LogP contribution is -2.04. The molecule has 1 aliphatic heterocycles. The Morgan fingerprint density at radius 1 is 1.29 bits per heavy atom. The molecule has 0 amide bonds. The normalized spacial score (nSPS) is 13.6. The van der Waals surface area contributed by atoms with Gasteiger partial charge in [-0.25, -0.2) is 4.98 Å². The van der Waals surface area contributed by atoms with E-state index in [0.29, 0.717) is 24.9 Å². The number of para-hydroxylation sites is 1. The monoisotopic (exact) mass is 304 g/mol. The molecule has 0 spiro atoms. The van der Waals surface area contributed by atoms with Gasteiger partial charge in [0, 0.05) is 24.7 Å². The lowest BCUT2D eigenvalue weighted by molar-refractivity contribution is 0.296. The minimum Gasteiger partial charge on any atom is -0.490 e. The predicted octanol–water partition coefficient (Wildman–Crippen LogP) is 3.82. The van der Waals surface area contributed by atoms with Crippen LogP contribution in [0.1, 0.15) is 17.5 Å². The zero-order chi connectivity index (χ0) is 14.7. The maximum atomic E-state index is 6.10. The fourth-order valence-corrected chi connectivity index (χ4v) is 2.43. The second-order valence-corrected chi connectivity index (χ2v) is 5.36. The molecule has 5 heteroatoms. The SMILES string of the molecule is Cc1cnc(Cl)c(NCc2cccc3c2OCCCO3)c1. The highest BCUT2D eigenvalue weighted by molar-refractivity contribution is 6.31. The number of rotatable bonds is 3. The summed E-state index contributed by atoms with van der Waals surface area (Å²) in [5, 5.41) is 3.78. The summed E-state index contributed by atoms with van der Waals surface area (Å²) in [5.74, 6) is 1.62. The zero-order valence-electron chi connectivity index (χ0n) is 11.9. The van der Waals surface area contributed by atoms with E-state index in [9.17, 15) is 0 Å². The Bertz CT molecular complexity index is 646. The van der Waals surface area contributed by atoms with E-state index in [1.807, 2.05) is 31.2 Å². The standard InChI is InChI=1S/C16H17ClN2O2/c1-11-8-13(16(17)19-9-11)18-10-12-4-2-5-14-15(12)21-7-3-6-20-14/h2,4-5,8-9,18H,3,6-7,10H2,1H3. The fraction of sp³-hybridized carbons (Fsp3) is 0.312. The summed E-state index contributed by atoms with van der Waals surface area (Å²) in [7, 11) is 0. The number of halogens is 1. The average Bonchev–Trinajstić information content (AvgIpc) is 2.74. The van der Waals surface area contributed by atoms with Crippen molar-refractivity contribution in [2.24, 2.45) is 0 Å². The van der Waals surface area contributed by atoms with Crippen LogP contribution >= 0.6 is 11.6 Å². The van der Waals surface area contributed by atoms with Crippen molar-refractivity contribution in [3.63, 3.8) is 0 Å². The third-order valence-electron chi connectivity index (χ3n) is 3.30. The zero-order valence-corrected chi connectivity index (χ0v) is 12.6. The Kier molecular flexibility index (Phi) is 4.15. The van der Waals surface area contributed by atoms with E-state index in [1.165, 1.54) is 0 Å². The van der Waals surface area contributed by atoms with Gasteiger partial charge >= 0.3 is 0 Å². The number of nitrogens with one attached hydrogen (secondary N) is 1. The summed E-state index contributed by atoms with van der Waals surface area (Å²) in [6.07, 6.45) is 2.65. The van der Waals surface area contributed by atoms with Crippen LogP contribution in [0.5, 0.6) is 11.5 Å². The minimum absolute atomic E-state index is 0.472. The Hall–Kier alpha value is -1.94. The average molecular weight is 305 g/mol. The second-order valence-electron chi connectivity index (χ2n) is 5.00. The third kappa shape index (κ3) is 3.22. The van der Waals surface area contributed by atoms with E-state index in [-0.39, 0.29) is 0 Å². The Labute approximate surface area is 129 Å². The Balaban J connectivity index is 1.81. The summed E-state index contributed by atoms with van der Waals surface area (Å²) >= 11 is 6.10. The Morgan fingerprint density at radius 3 is 3.05 bits per heavy atom. The highest BCUT2D eigenvalue weighted by Gasteiger charge is 2.14. The van der Waals surface area contributed by atoms with E-state index < -0.39 is 0 Å². The first-order valence-corrected chi connectivity index (χ1v) is 7.35. The van der Waals surface area contributed by atoms with E-state index in [2.05, 4.69) is 10.3 Å². The molecule has 1 aromatic carbocycles. The summed E-state index contributed by atoms with van der Waals surface area (Å²) in [6.45, 7) is 3.96. The van der Waals surface area contributed by atoms with Gasteiger partial charge < -0.3 is 14.8 Å². The van der Waals surface area contributed by atoms with Gasteiger partial charge in [-0.3, -0.25) is 0 Å². The van der Waals surface area contributed by atoms with Crippen molar-refractivity contribution in [1.82, 2.24) is 4.98 Å². The van der Waals surface area contributed by atoms with Gasteiger partial charge in [0.05, 0.1) is 18.9 Å². The molecule has 3 rings (SSSR count). The van der Waals surface area contributed by atoms with Gasteiger partial charge in [0.25, 0.3) is 0 Å². The molecule has 0 radical (unpaired) electrons. The first-order valence-electron chi connectivity index (χ1n) is 6.97. The quantitative estimate of drug-likeness (QED) is 0.876. The number of hydrogen-bond acceptors (Lipinski definition) is 4. The van der Waals surface area contributed by atoms with Crippen LogP contribution in [0.25, 0.3) is 0 Å². The maximum Gasteiger partial charge on any atom is 0.166 e. The molecule has 1 aromatic heterocycles. The van der Waals surface area contributed by atoms with Gasteiger partial charge in [-0.05, 0) is 24.6 Å². The molecule has 2 heterocycles. The van der Waals surface area contributed by atoms with E-state index in [4.69, 9.17) is 21.1 Å². The number of anilines is 1. The molecular formula is C16H17ClN2O2. The van der Waals surface area contributed by atoms with Crippen LogP contribution in [0.2, 0.25) is 5.15 Å². The molecule has 4 nitrogen and oxygen atoms in total. The molecule has 0 bridgehead atoms. The predicted molar refractivity (Wildman–Crippen MR) is 83.4 cm³/mol. The van der Waals surface area contributed by atoms with Crippen LogP contribution in [0, 0.1) is 6.92 Å². The van der Waals surface area contributed by atoms with Crippen molar-refractivity contribution in [3.8, 4) is 11.5 Å². The lowest BCUT2D eigenvalue weighted by Gasteiger charge is -2.14. The Morgan fingerprint density at radius 2 is 2.14 bits per heavy atom. The number of hydrogen-bond donors (Lipinski definition) is 1. The minimum atomic E-state index is 0.472. The lowest BCUT2D eigenvalue weighted by atomic mass is 10.1. The van der Waals surface area contributed by atoms with Gasteiger partial charge in [-0.2, -0.15) is 0 Å². The molecule has 0 atom stereocenters. The molecule has 0 unspecified atom stereocenters. The molecular weight excluding hydrogens is 288 g/mol. The number of pyridine rings is 1. The van der Waals surface area contributed by atoms with Gasteiger partial charge in [0.1, 0.15) is 0 Å². The first-order chi connectivity index (χ1) is 10.2. The first kappa shape index (κ1) is 14.0. The van der Waals surface area contributed by atoms with Crippen LogP contribution in [0.15, 0.2) is 30.5 Å². The molecule has 0 saturated heterocycles. The summed E-state index contributed by atoms with van der Waals surface area (Å²) in [6, 6.07) is 7.91. The number of ether oxygens (including phenoxy) is 2. The van der Waals surface area contributed by atoms with Crippen molar-refractivity contribution in [1.29, 1.82) is 0 Å². The molecule has 1 aliphatic rings. The van der Waals surface area contributed by atoms with E-state index in [1.54, 1.807) is 6.20 Å². The van der Waals surface area contributed by atoms with Crippen molar-refractivity contribution < 1.29 is 9.47 Å². The van der Waals surface area contributed by atoms with Crippen molar-refractivity contribution >= 4 is 17.3 Å². The molecule has 1 N–H and O–H groups in total. The van der Waals surface area contributed by atoms with Crippen molar-refractivity contribution in [2.75, 3.05) is 18.5 Å². The van der Waals surface area contributed by atoms with Crippen LogP contribution < -0.4 is 14.8 Å². The number of fused-ring (bicyclic) bond motifs is 1. The molecule has 21 heavy (non-hydrogen) atoms. The smallest absolute Gasteiger partial charge is 0.166 e. The topological polar surface area (TPSA) is 43.4 Å². The van der Waals surface area contributed by atoms with Crippen LogP contribution in [0.4, 0.5) is 5.69 Å². The van der Waals surface area contributed by atoms with Crippen molar-refractivity contribution in [3.05, 3.63) is 46.7 Å². The number of aryl methyl sites for hydroxylation is 1. The molecule has 0 saturated carbocycles. The van der Waals surface area contributed by atoms with Crippen LogP contribution in [0.3, 0.4) is 0 Å². The molecule has 110 valence electrons. The third-order valence-corrected chi connectivity index (χ3v) is 3.60. The van der Waals surface area contributed by atoms with E-state index >= 15 is 0 Å². The largest absolute Gasteiger partial charge is 0.490 e. The molecule has 2 aromatic rings. The number of benzene rings is 1. The highest BCUT2D eigenvalue weighted by Crippen LogP contribution is 2.34. The number of aromatic nitrogens is 1. The second kappa shape index (κ2) is 6.22. The fourth-order valence-electron chi connectivity index (χ4n) is 2.26. The van der Waals surface area contributed by atoms with Gasteiger partial charge in [-0.15, -0.1) is 0 Å². The molecule has 0 aliphatic carbocycles. The summed E-state index contributed by atoms with van der Waals surface area (Å²) in [5.41, 5.74) is 2.93. The van der Waals surface area contributed by atoms with Gasteiger partial charge in [0.15, 0.2) is 16.7 Å². The number of nitrogens with zero attached hydrogens (tertiary/aromatic N) is 1. The maximum absolute atomic E-state index is 6.10.